The summed E-state index contributed by atoms with van der Waals surface area (Å²) in [6, 6.07) is 10.3. The highest BCUT2D eigenvalue weighted by Gasteiger charge is 2.42. The number of hydrogen-bond donors (Lipinski definition) is 1. The van der Waals surface area contributed by atoms with E-state index in [1.165, 1.54) is 0 Å². The van der Waals surface area contributed by atoms with Gasteiger partial charge >= 0.3 is 0 Å². The minimum atomic E-state index is 0.114. The lowest BCUT2D eigenvalue weighted by Gasteiger charge is -2.19. The van der Waals surface area contributed by atoms with Crippen LogP contribution in [0.1, 0.15) is 23.2 Å². The standard InChI is InChI=1S/C20H22N2O3/c23-17-5-3-14(4-6-17)20(24)13-22-11-15-8-19(9-16(15)12-22)25-18-2-1-7-21-10-18/h1-7,10,15-16,19,23H,8-9,11-13H2. The molecule has 1 aliphatic carbocycles. The van der Waals surface area contributed by atoms with Crippen LogP contribution in [0.25, 0.3) is 0 Å². The van der Waals surface area contributed by atoms with Gasteiger partial charge in [-0.25, -0.2) is 0 Å². The molecule has 0 radical (unpaired) electrons. The first-order chi connectivity index (χ1) is 12.2. The van der Waals surface area contributed by atoms with Crippen molar-refractivity contribution in [1.29, 1.82) is 0 Å². The minimum absolute atomic E-state index is 0.114. The second-order valence-corrected chi connectivity index (χ2v) is 7.08. The lowest BCUT2D eigenvalue weighted by molar-refractivity contribution is 0.0936. The van der Waals surface area contributed by atoms with Crippen molar-refractivity contribution < 1.29 is 14.6 Å². The summed E-state index contributed by atoms with van der Waals surface area (Å²) < 4.78 is 6.04. The maximum Gasteiger partial charge on any atom is 0.176 e. The molecule has 1 aliphatic heterocycles. The number of likely N-dealkylation sites (tertiary alicyclic amines) is 1. The van der Waals surface area contributed by atoms with Crippen molar-refractivity contribution in [2.24, 2.45) is 11.8 Å². The molecule has 25 heavy (non-hydrogen) atoms. The van der Waals surface area contributed by atoms with Crippen LogP contribution in [-0.2, 0) is 0 Å². The van der Waals surface area contributed by atoms with Gasteiger partial charge in [0.2, 0.25) is 0 Å². The number of benzene rings is 1. The van der Waals surface area contributed by atoms with Gasteiger partial charge in [-0.3, -0.25) is 14.7 Å². The molecule has 2 aliphatic rings. The van der Waals surface area contributed by atoms with Gasteiger partial charge in [-0.1, -0.05) is 0 Å². The van der Waals surface area contributed by atoms with Gasteiger partial charge in [-0.05, 0) is 61.1 Å². The number of ether oxygens (including phenoxy) is 1. The van der Waals surface area contributed by atoms with Crippen LogP contribution in [-0.4, -0.2) is 46.5 Å². The van der Waals surface area contributed by atoms with Crippen LogP contribution in [0.3, 0.4) is 0 Å². The smallest absolute Gasteiger partial charge is 0.176 e. The number of Topliss-reactive ketones (excluding diaryl/α,β-unsaturated/α-hetero) is 1. The summed E-state index contributed by atoms with van der Waals surface area (Å²) in [6.07, 6.45) is 5.86. The molecule has 130 valence electrons. The zero-order valence-corrected chi connectivity index (χ0v) is 14.0. The number of aromatic nitrogens is 1. The quantitative estimate of drug-likeness (QED) is 0.850. The van der Waals surface area contributed by atoms with E-state index in [4.69, 9.17) is 4.74 Å². The largest absolute Gasteiger partial charge is 0.508 e. The first-order valence-corrected chi connectivity index (χ1v) is 8.78. The molecule has 0 spiro atoms. The van der Waals surface area contributed by atoms with Crippen molar-refractivity contribution in [3.63, 3.8) is 0 Å². The molecule has 0 amide bonds. The molecule has 2 fully saturated rings. The van der Waals surface area contributed by atoms with E-state index in [0.29, 0.717) is 23.9 Å². The van der Waals surface area contributed by atoms with Crippen LogP contribution in [0.5, 0.6) is 11.5 Å². The Kier molecular flexibility index (Phi) is 4.40. The van der Waals surface area contributed by atoms with Crippen molar-refractivity contribution in [2.45, 2.75) is 18.9 Å². The van der Waals surface area contributed by atoms with Gasteiger partial charge in [0.05, 0.1) is 18.8 Å². The summed E-state index contributed by atoms with van der Waals surface area (Å²) in [5.41, 5.74) is 0.660. The minimum Gasteiger partial charge on any atom is -0.508 e. The monoisotopic (exact) mass is 338 g/mol. The maximum absolute atomic E-state index is 12.4. The average Bonchev–Trinajstić information content (AvgIpc) is 3.14. The molecular formula is C20H22N2O3. The molecule has 0 bridgehead atoms. The fourth-order valence-corrected chi connectivity index (χ4v) is 4.12. The number of phenolic OH excluding ortho intramolecular Hbond substituents is 1. The summed E-state index contributed by atoms with van der Waals surface area (Å²) in [4.78, 5) is 18.7. The first-order valence-electron chi connectivity index (χ1n) is 8.78. The van der Waals surface area contributed by atoms with Crippen LogP contribution < -0.4 is 4.74 Å². The Morgan fingerprint density at radius 1 is 1.16 bits per heavy atom. The van der Waals surface area contributed by atoms with E-state index < -0.39 is 0 Å². The molecule has 2 unspecified atom stereocenters. The van der Waals surface area contributed by atoms with Gasteiger partial charge in [0, 0.05) is 24.8 Å². The van der Waals surface area contributed by atoms with Crippen LogP contribution in [0.2, 0.25) is 0 Å². The number of nitrogens with zero attached hydrogens (tertiary/aromatic N) is 2. The Morgan fingerprint density at radius 2 is 1.88 bits per heavy atom. The molecule has 1 N–H and O–H groups in total. The summed E-state index contributed by atoms with van der Waals surface area (Å²) in [5, 5.41) is 9.32. The Morgan fingerprint density at radius 3 is 2.52 bits per heavy atom. The number of pyridine rings is 1. The van der Waals surface area contributed by atoms with Crippen molar-refractivity contribution >= 4 is 5.78 Å². The van der Waals surface area contributed by atoms with E-state index in [2.05, 4.69) is 9.88 Å². The summed E-state index contributed by atoms with van der Waals surface area (Å²) in [6.45, 7) is 2.37. The fraction of sp³-hybridized carbons (Fsp3) is 0.400. The normalized spacial score (nSPS) is 25.7. The van der Waals surface area contributed by atoms with E-state index in [1.807, 2.05) is 12.1 Å². The predicted molar refractivity (Wildman–Crippen MR) is 93.7 cm³/mol. The number of fused-ring (bicyclic) bond motifs is 1. The zero-order chi connectivity index (χ0) is 17.2. The molecular weight excluding hydrogens is 316 g/mol. The second kappa shape index (κ2) is 6.84. The Bertz CT molecular complexity index is 718. The second-order valence-electron chi connectivity index (χ2n) is 7.08. The summed E-state index contributed by atoms with van der Waals surface area (Å²) in [7, 11) is 0. The number of carbonyl (C=O) groups excluding carboxylic acids is 1. The predicted octanol–water partition coefficient (Wildman–Crippen LogP) is 2.76. The highest BCUT2D eigenvalue weighted by molar-refractivity contribution is 5.97. The fourth-order valence-electron chi connectivity index (χ4n) is 4.12. The van der Waals surface area contributed by atoms with E-state index >= 15 is 0 Å². The number of ketones is 1. The number of hydrogen-bond acceptors (Lipinski definition) is 5. The molecule has 5 nitrogen and oxygen atoms in total. The van der Waals surface area contributed by atoms with Crippen LogP contribution >= 0.6 is 0 Å². The topological polar surface area (TPSA) is 62.7 Å². The number of carbonyl (C=O) groups is 1. The van der Waals surface area contributed by atoms with Crippen molar-refractivity contribution in [1.82, 2.24) is 9.88 Å². The Labute approximate surface area is 147 Å². The van der Waals surface area contributed by atoms with Gasteiger partial charge in [0.1, 0.15) is 11.5 Å². The molecule has 2 heterocycles. The molecule has 4 rings (SSSR count). The summed E-state index contributed by atoms with van der Waals surface area (Å²) >= 11 is 0. The van der Waals surface area contributed by atoms with Crippen LogP contribution in [0.4, 0.5) is 0 Å². The van der Waals surface area contributed by atoms with E-state index in [9.17, 15) is 9.90 Å². The van der Waals surface area contributed by atoms with Gasteiger partial charge in [0.25, 0.3) is 0 Å². The lowest BCUT2D eigenvalue weighted by atomic mass is 10.0. The van der Waals surface area contributed by atoms with E-state index in [0.717, 1.165) is 31.7 Å². The van der Waals surface area contributed by atoms with E-state index in [-0.39, 0.29) is 17.6 Å². The molecule has 1 saturated carbocycles. The third-order valence-corrected chi connectivity index (χ3v) is 5.28. The van der Waals surface area contributed by atoms with Gasteiger partial charge in [-0.2, -0.15) is 0 Å². The molecule has 1 saturated heterocycles. The molecule has 2 aromatic rings. The molecule has 1 aromatic carbocycles. The third-order valence-electron chi connectivity index (χ3n) is 5.28. The first kappa shape index (κ1) is 16.1. The van der Waals surface area contributed by atoms with Crippen LogP contribution in [0.15, 0.2) is 48.8 Å². The van der Waals surface area contributed by atoms with Gasteiger partial charge in [0.15, 0.2) is 5.78 Å². The number of rotatable bonds is 5. The van der Waals surface area contributed by atoms with E-state index in [1.54, 1.807) is 36.7 Å². The van der Waals surface area contributed by atoms with Gasteiger partial charge < -0.3 is 9.84 Å². The average molecular weight is 338 g/mol. The molecule has 1 aromatic heterocycles. The SMILES string of the molecule is O=C(CN1CC2CC(Oc3cccnc3)CC2C1)c1ccc(O)cc1. The molecule has 2 atom stereocenters. The maximum atomic E-state index is 12.4. The number of phenols is 1. The van der Waals surface area contributed by atoms with Crippen LogP contribution in [0, 0.1) is 11.8 Å². The van der Waals surface area contributed by atoms with Crippen molar-refractivity contribution in [3.05, 3.63) is 54.4 Å². The third kappa shape index (κ3) is 3.66. The van der Waals surface area contributed by atoms with Crippen molar-refractivity contribution in [3.8, 4) is 11.5 Å². The van der Waals surface area contributed by atoms with Crippen molar-refractivity contribution in [2.75, 3.05) is 19.6 Å². The summed E-state index contributed by atoms with van der Waals surface area (Å²) in [5.74, 6) is 2.35. The lowest BCUT2D eigenvalue weighted by Crippen LogP contribution is -2.30. The number of aromatic hydroxyl groups is 1. The Hall–Kier alpha value is -2.40. The highest BCUT2D eigenvalue weighted by Crippen LogP contribution is 2.39. The highest BCUT2D eigenvalue weighted by atomic mass is 16.5. The van der Waals surface area contributed by atoms with Gasteiger partial charge in [-0.15, -0.1) is 0 Å². The zero-order valence-electron chi connectivity index (χ0n) is 14.0. The molecule has 5 heteroatoms. The Balaban J connectivity index is 1.29.